The highest BCUT2D eigenvalue weighted by molar-refractivity contribution is 7.89. The van der Waals surface area contributed by atoms with Gasteiger partial charge in [0.2, 0.25) is 10.0 Å². The fourth-order valence-corrected chi connectivity index (χ4v) is 4.89. The molecule has 0 atom stereocenters. The van der Waals surface area contributed by atoms with Crippen molar-refractivity contribution in [2.45, 2.75) is 31.6 Å². The van der Waals surface area contributed by atoms with Gasteiger partial charge in [0.1, 0.15) is 12.4 Å². The standard InChI is InChI=1S/C21H25ClN2O4S/c1-15-6-8-18(29(26,27)24-10-3-4-11-24)14-19(15)21(25)23-9-12-28-17-7-5-16(2)20(22)13-17/h5-8,13-14H,3-4,9-12H2,1-2H3,(H,23,25). The minimum atomic E-state index is -3.56. The highest BCUT2D eigenvalue weighted by atomic mass is 35.5. The molecule has 1 amide bonds. The second-order valence-corrected chi connectivity index (χ2v) is 9.45. The Morgan fingerprint density at radius 2 is 1.79 bits per heavy atom. The van der Waals surface area contributed by atoms with Crippen LogP contribution in [0.3, 0.4) is 0 Å². The van der Waals surface area contributed by atoms with Crippen molar-refractivity contribution >= 4 is 27.5 Å². The van der Waals surface area contributed by atoms with E-state index in [4.69, 9.17) is 16.3 Å². The molecular formula is C21H25ClN2O4S. The smallest absolute Gasteiger partial charge is 0.251 e. The first-order valence-corrected chi connectivity index (χ1v) is 11.4. The zero-order valence-electron chi connectivity index (χ0n) is 16.6. The van der Waals surface area contributed by atoms with Gasteiger partial charge in [-0.25, -0.2) is 8.42 Å². The molecule has 29 heavy (non-hydrogen) atoms. The number of sulfonamides is 1. The van der Waals surface area contributed by atoms with Crippen LogP contribution in [0, 0.1) is 13.8 Å². The van der Waals surface area contributed by atoms with E-state index in [1.165, 1.54) is 10.4 Å². The van der Waals surface area contributed by atoms with Crippen molar-refractivity contribution in [2.24, 2.45) is 0 Å². The Labute approximate surface area is 176 Å². The van der Waals surface area contributed by atoms with Crippen LogP contribution in [0.5, 0.6) is 5.75 Å². The number of hydrogen-bond acceptors (Lipinski definition) is 4. The molecule has 0 saturated carbocycles. The van der Waals surface area contributed by atoms with Crippen LogP contribution < -0.4 is 10.1 Å². The minimum Gasteiger partial charge on any atom is -0.492 e. The minimum absolute atomic E-state index is 0.153. The summed E-state index contributed by atoms with van der Waals surface area (Å²) in [7, 11) is -3.56. The number of halogens is 1. The van der Waals surface area contributed by atoms with E-state index in [9.17, 15) is 13.2 Å². The van der Waals surface area contributed by atoms with Crippen LogP contribution in [-0.4, -0.2) is 44.9 Å². The summed E-state index contributed by atoms with van der Waals surface area (Å²) >= 11 is 6.07. The van der Waals surface area contributed by atoms with Crippen molar-refractivity contribution in [3.63, 3.8) is 0 Å². The van der Waals surface area contributed by atoms with E-state index >= 15 is 0 Å². The van der Waals surface area contributed by atoms with E-state index in [0.29, 0.717) is 35.0 Å². The van der Waals surface area contributed by atoms with Crippen molar-refractivity contribution in [3.05, 3.63) is 58.1 Å². The molecule has 1 aliphatic rings. The zero-order valence-corrected chi connectivity index (χ0v) is 18.1. The lowest BCUT2D eigenvalue weighted by Crippen LogP contribution is -2.30. The largest absolute Gasteiger partial charge is 0.492 e. The Morgan fingerprint density at radius 3 is 2.48 bits per heavy atom. The summed E-state index contributed by atoms with van der Waals surface area (Å²) in [6.45, 7) is 5.30. The summed E-state index contributed by atoms with van der Waals surface area (Å²) in [4.78, 5) is 12.7. The maximum atomic E-state index is 12.8. The first-order chi connectivity index (χ1) is 13.8. The Bertz CT molecular complexity index is 1000. The second-order valence-electron chi connectivity index (χ2n) is 7.10. The van der Waals surface area contributed by atoms with E-state index in [1.807, 2.05) is 19.1 Å². The number of hydrogen-bond donors (Lipinski definition) is 1. The third-order valence-corrected chi connectivity index (χ3v) is 7.26. The highest BCUT2D eigenvalue weighted by Gasteiger charge is 2.28. The van der Waals surface area contributed by atoms with Crippen LogP contribution >= 0.6 is 11.6 Å². The third kappa shape index (κ3) is 5.10. The van der Waals surface area contributed by atoms with E-state index < -0.39 is 10.0 Å². The van der Waals surface area contributed by atoms with Crippen molar-refractivity contribution in [1.29, 1.82) is 0 Å². The molecule has 0 aliphatic carbocycles. The molecule has 0 aromatic heterocycles. The van der Waals surface area contributed by atoms with E-state index in [-0.39, 0.29) is 24.0 Å². The molecule has 0 bridgehead atoms. The Balaban J connectivity index is 1.62. The predicted octanol–water partition coefficient (Wildman–Crippen LogP) is 3.55. The molecule has 3 rings (SSSR count). The number of ether oxygens (including phenoxy) is 1. The molecule has 2 aromatic rings. The van der Waals surface area contributed by atoms with Crippen molar-refractivity contribution in [3.8, 4) is 5.75 Å². The van der Waals surface area contributed by atoms with Crippen molar-refractivity contribution < 1.29 is 17.9 Å². The van der Waals surface area contributed by atoms with Crippen LogP contribution in [0.25, 0.3) is 0 Å². The molecule has 1 saturated heterocycles. The molecule has 156 valence electrons. The molecule has 1 N–H and O–H groups in total. The molecule has 1 fully saturated rings. The fraction of sp³-hybridized carbons (Fsp3) is 0.381. The lowest BCUT2D eigenvalue weighted by atomic mass is 10.1. The van der Waals surface area contributed by atoms with Crippen LogP contribution in [0.1, 0.15) is 34.3 Å². The number of rotatable bonds is 7. The summed E-state index contributed by atoms with van der Waals surface area (Å²) in [5.74, 6) is 0.302. The monoisotopic (exact) mass is 436 g/mol. The van der Waals surface area contributed by atoms with Gasteiger partial charge < -0.3 is 10.1 Å². The van der Waals surface area contributed by atoms with Gasteiger partial charge in [-0.05, 0) is 62.1 Å². The average molecular weight is 437 g/mol. The number of nitrogens with one attached hydrogen (secondary N) is 1. The van der Waals surface area contributed by atoms with Gasteiger partial charge in [-0.15, -0.1) is 0 Å². The summed E-state index contributed by atoms with van der Waals surface area (Å²) < 4.78 is 32.6. The summed E-state index contributed by atoms with van der Waals surface area (Å²) in [5.41, 5.74) is 2.03. The number of carbonyl (C=O) groups is 1. The topological polar surface area (TPSA) is 75.7 Å². The average Bonchev–Trinajstić information content (AvgIpc) is 3.23. The zero-order chi connectivity index (χ0) is 21.0. The van der Waals surface area contributed by atoms with E-state index in [0.717, 1.165) is 18.4 Å². The molecule has 0 unspecified atom stereocenters. The van der Waals surface area contributed by atoms with Crippen LogP contribution in [0.4, 0.5) is 0 Å². The second kappa shape index (κ2) is 9.15. The molecule has 1 aliphatic heterocycles. The fourth-order valence-electron chi connectivity index (χ4n) is 3.18. The van der Waals surface area contributed by atoms with Gasteiger partial charge in [-0.3, -0.25) is 4.79 Å². The number of carbonyl (C=O) groups excluding carboxylic acids is 1. The Morgan fingerprint density at radius 1 is 1.10 bits per heavy atom. The van der Waals surface area contributed by atoms with Crippen LogP contribution in [0.15, 0.2) is 41.3 Å². The molecule has 0 spiro atoms. The maximum absolute atomic E-state index is 12.8. The molecule has 2 aromatic carbocycles. The molecule has 6 nitrogen and oxygen atoms in total. The maximum Gasteiger partial charge on any atom is 0.251 e. The van der Waals surface area contributed by atoms with Gasteiger partial charge in [0, 0.05) is 23.7 Å². The number of amides is 1. The number of benzene rings is 2. The Kier molecular flexibility index (Phi) is 6.82. The van der Waals surface area contributed by atoms with Gasteiger partial charge >= 0.3 is 0 Å². The van der Waals surface area contributed by atoms with Gasteiger partial charge in [0.25, 0.3) is 5.91 Å². The summed E-state index contributed by atoms with van der Waals surface area (Å²) in [6, 6.07) is 10.1. The normalized spacial score (nSPS) is 14.7. The van der Waals surface area contributed by atoms with Gasteiger partial charge in [-0.2, -0.15) is 4.31 Å². The predicted molar refractivity (Wildman–Crippen MR) is 113 cm³/mol. The quantitative estimate of drug-likeness (QED) is 0.673. The lowest BCUT2D eigenvalue weighted by Gasteiger charge is -2.17. The molecular weight excluding hydrogens is 412 g/mol. The molecule has 0 radical (unpaired) electrons. The lowest BCUT2D eigenvalue weighted by molar-refractivity contribution is 0.0946. The van der Waals surface area contributed by atoms with Crippen LogP contribution in [0.2, 0.25) is 5.02 Å². The molecule has 1 heterocycles. The number of nitrogens with zero attached hydrogens (tertiary/aromatic N) is 1. The molecule has 8 heteroatoms. The van der Waals surface area contributed by atoms with Crippen LogP contribution in [-0.2, 0) is 10.0 Å². The SMILES string of the molecule is Cc1ccc(OCCNC(=O)c2cc(S(=O)(=O)N3CCCC3)ccc2C)cc1Cl. The van der Waals surface area contributed by atoms with Gasteiger partial charge in [0.05, 0.1) is 11.4 Å². The first kappa shape index (κ1) is 21.6. The van der Waals surface area contributed by atoms with E-state index in [1.54, 1.807) is 25.1 Å². The summed E-state index contributed by atoms with van der Waals surface area (Å²) in [5, 5.41) is 3.40. The van der Waals surface area contributed by atoms with Gasteiger partial charge in [-0.1, -0.05) is 23.7 Å². The Hall–Kier alpha value is -2.09. The highest BCUT2D eigenvalue weighted by Crippen LogP contribution is 2.23. The van der Waals surface area contributed by atoms with Gasteiger partial charge in [0.15, 0.2) is 0 Å². The summed E-state index contributed by atoms with van der Waals surface area (Å²) in [6.07, 6.45) is 1.73. The first-order valence-electron chi connectivity index (χ1n) is 9.57. The van der Waals surface area contributed by atoms with Crippen molar-refractivity contribution in [2.75, 3.05) is 26.2 Å². The van der Waals surface area contributed by atoms with E-state index in [2.05, 4.69) is 5.32 Å². The number of aryl methyl sites for hydroxylation is 2. The van der Waals surface area contributed by atoms with Crippen molar-refractivity contribution in [1.82, 2.24) is 9.62 Å². The third-order valence-electron chi connectivity index (χ3n) is 4.96.